The van der Waals surface area contributed by atoms with Crippen LogP contribution in [0.15, 0.2) is 30.3 Å². The Labute approximate surface area is 121 Å². The average molecular weight is 269 g/mol. The number of pyridine rings is 1. The number of anilines is 1. The first kappa shape index (κ1) is 13.4. The summed E-state index contributed by atoms with van der Waals surface area (Å²) in [5, 5.41) is 4.64. The standard InChI is InChI=1S/C17H23N3/c1-3-18-12-13-11-17(20(2)14-7-6-8-14)15-9-4-5-10-16(15)19-13/h4-5,9-11,14,18H,3,6-8,12H2,1-2H3. The van der Waals surface area contributed by atoms with Gasteiger partial charge in [0.05, 0.1) is 11.2 Å². The predicted molar refractivity (Wildman–Crippen MR) is 85.2 cm³/mol. The molecule has 0 unspecified atom stereocenters. The van der Waals surface area contributed by atoms with Gasteiger partial charge < -0.3 is 10.2 Å². The van der Waals surface area contributed by atoms with Gasteiger partial charge in [-0.15, -0.1) is 0 Å². The van der Waals surface area contributed by atoms with E-state index in [1.165, 1.54) is 30.3 Å². The molecule has 1 aromatic carbocycles. The number of hydrogen-bond donors (Lipinski definition) is 1. The largest absolute Gasteiger partial charge is 0.371 e. The molecule has 20 heavy (non-hydrogen) atoms. The number of nitrogens with one attached hydrogen (secondary N) is 1. The lowest BCUT2D eigenvalue weighted by Gasteiger charge is -2.37. The molecule has 1 aliphatic carbocycles. The summed E-state index contributed by atoms with van der Waals surface area (Å²) in [5.41, 5.74) is 3.56. The van der Waals surface area contributed by atoms with Crippen LogP contribution in [-0.2, 0) is 6.54 Å². The van der Waals surface area contributed by atoms with E-state index in [9.17, 15) is 0 Å². The van der Waals surface area contributed by atoms with Gasteiger partial charge in [-0.3, -0.25) is 4.98 Å². The zero-order chi connectivity index (χ0) is 13.9. The van der Waals surface area contributed by atoms with E-state index >= 15 is 0 Å². The van der Waals surface area contributed by atoms with E-state index in [1.807, 2.05) is 0 Å². The van der Waals surface area contributed by atoms with E-state index in [4.69, 9.17) is 4.98 Å². The van der Waals surface area contributed by atoms with Crippen LogP contribution in [0.25, 0.3) is 10.9 Å². The van der Waals surface area contributed by atoms with Crippen LogP contribution in [0.3, 0.4) is 0 Å². The summed E-state index contributed by atoms with van der Waals surface area (Å²) in [7, 11) is 2.22. The molecule has 1 aromatic heterocycles. The maximum absolute atomic E-state index is 4.77. The first-order chi connectivity index (χ1) is 9.79. The van der Waals surface area contributed by atoms with Crippen molar-refractivity contribution in [3.8, 4) is 0 Å². The molecule has 1 saturated carbocycles. The van der Waals surface area contributed by atoms with Crippen LogP contribution < -0.4 is 10.2 Å². The molecule has 1 N–H and O–H groups in total. The number of hydrogen-bond acceptors (Lipinski definition) is 3. The molecular formula is C17H23N3. The van der Waals surface area contributed by atoms with E-state index in [2.05, 4.69) is 54.5 Å². The van der Waals surface area contributed by atoms with Gasteiger partial charge in [-0.2, -0.15) is 0 Å². The molecule has 0 atom stereocenters. The molecule has 0 saturated heterocycles. The van der Waals surface area contributed by atoms with Gasteiger partial charge in [-0.05, 0) is 37.9 Å². The molecule has 0 aliphatic heterocycles. The second-order valence-electron chi connectivity index (χ2n) is 5.63. The van der Waals surface area contributed by atoms with Crippen molar-refractivity contribution in [3.63, 3.8) is 0 Å². The minimum atomic E-state index is 0.702. The van der Waals surface area contributed by atoms with Crippen molar-refractivity contribution < 1.29 is 0 Å². The lowest BCUT2D eigenvalue weighted by molar-refractivity contribution is 0.401. The van der Waals surface area contributed by atoms with E-state index < -0.39 is 0 Å². The normalized spacial score (nSPS) is 15.3. The monoisotopic (exact) mass is 269 g/mol. The van der Waals surface area contributed by atoms with E-state index in [1.54, 1.807) is 0 Å². The minimum Gasteiger partial charge on any atom is -0.371 e. The summed E-state index contributed by atoms with van der Waals surface area (Å²) in [6.07, 6.45) is 3.99. The number of fused-ring (bicyclic) bond motifs is 1. The second-order valence-corrected chi connectivity index (χ2v) is 5.63. The quantitative estimate of drug-likeness (QED) is 0.902. The molecule has 2 aromatic rings. The number of para-hydroxylation sites is 1. The highest BCUT2D eigenvalue weighted by molar-refractivity contribution is 5.92. The molecule has 1 fully saturated rings. The molecule has 1 aliphatic rings. The predicted octanol–water partition coefficient (Wildman–Crippen LogP) is 3.33. The van der Waals surface area contributed by atoms with Crippen LogP contribution in [0.5, 0.6) is 0 Å². The van der Waals surface area contributed by atoms with Crippen molar-refractivity contribution in [1.82, 2.24) is 10.3 Å². The number of aromatic nitrogens is 1. The van der Waals surface area contributed by atoms with Crippen LogP contribution >= 0.6 is 0 Å². The van der Waals surface area contributed by atoms with Gasteiger partial charge in [0.2, 0.25) is 0 Å². The molecule has 3 rings (SSSR count). The van der Waals surface area contributed by atoms with Crippen LogP contribution in [0.1, 0.15) is 31.9 Å². The van der Waals surface area contributed by atoms with Crippen LogP contribution in [-0.4, -0.2) is 24.6 Å². The molecular weight excluding hydrogens is 246 g/mol. The third kappa shape index (κ3) is 2.50. The summed E-state index contributed by atoms with van der Waals surface area (Å²) < 4.78 is 0. The fraction of sp³-hybridized carbons (Fsp3) is 0.471. The van der Waals surface area contributed by atoms with Gasteiger partial charge in [0.15, 0.2) is 0 Å². The topological polar surface area (TPSA) is 28.2 Å². The van der Waals surface area contributed by atoms with Crippen LogP contribution in [0, 0.1) is 0 Å². The zero-order valence-corrected chi connectivity index (χ0v) is 12.4. The SMILES string of the molecule is CCNCc1cc(N(C)C2CCC2)c2ccccc2n1. The van der Waals surface area contributed by atoms with Crippen molar-refractivity contribution >= 4 is 16.6 Å². The third-order valence-corrected chi connectivity index (χ3v) is 4.31. The van der Waals surface area contributed by atoms with Crippen molar-refractivity contribution in [2.24, 2.45) is 0 Å². The lowest BCUT2D eigenvalue weighted by Crippen LogP contribution is -2.37. The number of benzene rings is 1. The molecule has 0 spiro atoms. The Morgan fingerprint density at radius 1 is 1.30 bits per heavy atom. The highest BCUT2D eigenvalue weighted by Crippen LogP contribution is 2.33. The van der Waals surface area contributed by atoms with Crippen molar-refractivity contribution in [2.75, 3.05) is 18.5 Å². The first-order valence-electron chi connectivity index (χ1n) is 7.62. The van der Waals surface area contributed by atoms with Gasteiger partial charge in [0.1, 0.15) is 0 Å². The number of rotatable bonds is 5. The smallest absolute Gasteiger partial charge is 0.0726 e. The molecule has 0 radical (unpaired) electrons. The lowest BCUT2D eigenvalue weighted by atomic mass is 9.91. The Balaban J connectivity index is 2.02. The van der Waals surface area contributed by atoms with Crippen molar-refractivity contribution in [3.05, 3.63) is 36.0 Å². The Bertz CT molecular complexity index is 590. The fourth-order valence-electron chi connectivity index (χ4n) is 2.82. The fourth-order valence-corrected chi connectivity index (χ4v) is 2.82. The van der Waals surface area contributed by atoms with Crippen molar-refractivity contribution in [1.29, 1.82) is 0 Å². The summed E-state index contributed by atoms with van der Waals surface area (Å²) in [6, 6.07) is 11.4. The Hall–Kier alpha value is -1.61. The van der Waals surface area contributed by atoms with Gasteiger partial charge in [-0.25, -0.2) is 0 Å². The third-order valence-electron chi connectivity index (χ3n) is 4.31. The van der Waals surface area contributed by atoms with E-state index in [0.717, 1.165) is 24.3 Å². The summed E-state index contributed by atoms with van der Waals surface area (Å²) in [5.74, 6) is 0. The van der Waals surface area contributed by atoms with Gasteiger partial charge >= 0.3 is 0 Å². The van der Waals surface area contributed by atoms with Crippen LogP contribution in [0.2, 0.25) is 0 Å². The summed E-state index contributed by atoms with van der Waals surface area (Å²) in [4.78, 5) is 7.22. The highest BCUT2D eigenvalue weighted by atomic mass is 15.1. The van der Waals surface area contributed by atoms with E-state index in [0.29, 0.717) is 6.04 Å². The number of nitrogens with zero attached hydrogens (tertiary/aromatic N) is 2. The summed E-state index contributed by atoms with van der Waals surface area (Å²) >= 11 is 0. The maximum atomic E-state index is 4.77. The Kier molecular flexibility index (Phi) is 3.88. The maximum Gasteiger partial charge on any atom is 0.0726 e. The molecule has 1 heterocycles. The van der Waals surface area contributed by atoms with Gasteiger partial charge in [-0.1, -0.05) is 25.1 Å². The molecule has 3 heteroatoms. The van der Waals surface area contributed by atoms with Crippen molar-refractivity contribution in [2.45, 2.75) is 38.8 Å². The van der Waals surface area contributed by atoms with Gasteiger partial charge in [0, 0.05) is 30.7 Å². The Morgan fingerprint density at radius 3 is 2.80 bits per heavy atom. The average Bonchev–Trinajstić information content (AvgIpc) is 2.42. The van der Waals surface area contributed by atoms with Crippen LogP contribution in [0.4, 0.5) is 5.69 Å². The second kappa shape index (κ2) is 5.80. The molecule has 0 bridgehead atoms. The molecule has 0 amide bonds. The minimum absolute atomic E-state index is 0.702. The Morgan fingerprint density at radius 2 is 2.10 bits per heavy atom. The molecule has 106 valence electrons. The zero-order valence-electron chi connectivity index (χ0n) is 12.4. The highest BCUT2D eigenvalue weighted by Gasteiger charge is 2.23. The first-order valence-corrected chi connectivity index (χ1v) is 7.62. The summed E-state index contributed by atoms with van der Waals surface area (Å²) in [6.45, 7) is 3.94. The van der Waals surface area contributed by atoms with E-state index in [-0.39, 0.29) is 0 Å². The van der Waals surface area contributed by atoms with Gasteiger partial charge in [0.25, 0.3) is 0 Å². The molecule has 3 nitrogen and oxygen atoms in total.